The average molecular weight is 201 g/mol. The Balaban J connectivity index is 2.49. The number of ether oxygens (including phenoxy) is 2. The second-order valence-electron chi connectivity index (χ2n) is 3.88. The minimum atomic E-state index is 0.235. The predicted molar refractivity (Wildman–Crippen MR) is 57.5 cm³/mol. The molecule has 1 fully saturated rings. The predicted octanol–water partition coefficient (Wildman–Crippen LogP) is 1.43. The Hall–Kier alpha value is -0.120. The van der Waals surface area contributed by atoms with E-state index in [0.717, 1.165) is 19.8 Å². The molecule has 0 spiro atoms. The Morgan fingerprint density at radius 1 is 1.29 bits per heavy atom. The third-order valence-electron chi connectivity index (χ3n) is 3.13. The molecule has 0 aromatic rings. The lowest BCUT2D eigenvalue weighted by Gasteiger charge is -2.34. The highest BCUT2D eigenvalue weighted by Gasteiger charge is 2.28. The summed E-state index contributed by atoms with van der Waals surface area (Å²) in [4.78, 5) is 0. The summed E-state index contributed by atoms with van der Waals surface area (Å²) in [7, 11) is 2.01. The molecule has 0 saturated carbocycles. The molecule has 3 nitrogen and oxygen atoms in total. The van der Waals surface area contributed by atoms with Crippen molar-refractivity contribution in [2.75, 3.05) is 26.9 Å². The standard InChI is InChI=1S/C11H23NO2/c1-4-9(5-2)11(12-3)10-8-13-6-7-14-10/h9-12H,4-8H2,1-3H3. The van der Waals surface area contributed by atoms with Gasteiger partial charge in [-0.3, -0.25) is 0 Å². The maximum absolute atomic E-state index is 5.73. The highest BCUT2D eigenvalue weighted by Crippen LogP contribution is 2.19. The summed E-state index contributed by atoms with van der Waals surface area (Å²) >= 11 is 0. The van der Waals surface area contributed by atoms with Crippen molar-refractivity contribution in [3.63, 3.8) is 0 Å². The first-order chi connectivity index (χ1) is 6.83. The van der Waals surface area contributed by atoms with Gasteiger partial charge in [-0.1, -0.05) is 26.7 Å². The number of nitrogens with one attached hydrogen (secondary N) is 1. The summed E-state index contributed by atoms with van der Waals surface area (Å²) in [5.41, 5.74) is 0. The molecule has 1 heterocycles. The fourth-order valence-electron chi connectivity index (χ4n) is 2.24. The van der Waals surface area contributed by atoms with Crippen molar-refractivity contribution in [1.82, 2.24) is 5.32 Å². The van der Waals surface area contributed by atoms with E-state index in [1.165, 1.54) is 12.8 Å². The molecule has 0 amide bonds. The number of hydrogen-bond donors (Lipinski definition) is 1. The molecule has 0 aromatic carbocycles. The van der Waals surface area contributed by atoms with Crippen LogP contribution in [0.2, 0.25) is 0 Å². The third kappa shape index (κ3) is 2.94. The topological polar surface area (TPSA) is 30.5 Å². The first-order valence-electron chi connectivity index (χ1n) is 5.70. The van der Waals surface area contributed by atoms with Crippen molar-refractivity contribution in [3.8, 4) is 0 Å². The minimum absolute atomic E-state index is 0.235. The van der Waals surface area contributed by atoms with Crippen molar-refractivity contribution in [3.05, 3.63) is 0 Å². The summed E-state index contributed by atoms with van der Waals surface area (Å²) in [6.45, 7) is 6.70. The van der Waals surface area contributed by atoms with Crippen molar-refractivity contribution < 1.29 is 9.47 Å². The molecule has 1 aliphatic heterocycles. The lowest BCUT2D eigenvalue weighted by atomic mass is 9.90. The summed E-state index contributed by atoms with van der Waals surface area (Å²) in [5.74, 6) is 0.687. The second kappa shape index (κ2) is 6.38. The number of likely N-dealkylation sites (N-methyl/N-ethyl adjacent to an activating group) is 1. The number of hydrogen-bond acceptors (Lipinski definition) is 3. The molecule has 14 heavy (non-hydrogen) atoms. The lowest BCUT2D eigenvalue weighted by molar-refractivity contribution is -0.108. The van der Waals surface area contributed by atoms with Crippen LogP contribution in [0, 0.1) is 5.92 Å². The molecule has 1 N–H and O–H groups in total. The van der Waals surface area contributed by atoms with Crippen LogP contribution in [-0.2, 0) is 9.47 Å². The van der Waals surface area contributed by atoms with Crippen LogP contribution in [0.5, 0.6) is 0 Å². The van der Waals surface area contributed by atoms with Gasteiger partial charge in [0.25, 0.3) is 0 Å². The second-order valence-corrected chi connectivity index (χ2v) is 3.88. The molecule has 0 radical (unpaired) electrons. The van der Waals surface area contributed by atoms with E-state index in [1.54, 1.807) is 0 Å². The van der Waals surface area contributed by atoms with Gasteiger partial charge in [-0.25, -0.2) is 0 Å². The van der Waals surface area contributed by atoms with Crippen molar-refractivity contribution in [2.24, 2.45) is 5.92 Å². The Morgan fingerprint density at radius 2 is 2.00 bits per heavy atom. The first kappa shape index (κ1) is 12.0. The molecule has 0 aromatic heterocycles. The van der Waals surface area contributed by atoms with Gasteiger partial charge in [0, 0.05) is 6.04 Å². The Morgan fingerprint density at radius 3 is 2.43 bits per heavy atom. The van der Waals surface area contributed by atoms with E-state index >= 15 is 0 Å². The highest BCUT2D eigenvalue weighted by atomic mass is 16.6. The van der Waals surface area contributed by atoms with E-state index < -0.39 is 0 Å². The van der Waals surface area contributed by atoms with Gasteiger partial charge < -0.3 is 14.8 Å². The molecule has 0 aliphatic carbocycles. The zero-order chi connectivity index (χ0) is 10.4. The van der Waals surface area contributed by atoms with Crippen molar-refractivity contribution >= 4 is 0 Å². The molecular weight excluding hydrogens is 178 g/mol. The smallest absolute Gasteiger partial charge is 0.0964 e. The van der Waals surface area contributed by atoms with Gasteiger partial charge in [-0.2, -0.15) is 0 Å². The van der Waals surface area contributed by atoms with Crippen molar-refractivity contribution in [2.45, 2.75) is 38.8 Å². The van der Waals surface area contributed by atoms with E-state index in [1.807, 2.05) is 7.05 Å². The van der Waals surface area contributed by atoms with Crippen LogP contribution < -0.4 is 5.32 Å². The van der Waals surface area contributed by atoms with E-state index in [2.05, 4.69) is 19.2 Å². The molecule has 0 bridgehead atoms. The fourth-order valence-corrected chi connectivity index (χ4v) is 2.24. The lowest BCUT2D eigenvalue weighted by Crippen LogP contribution is -2.49. The van der Waals surface area contributed by atoms with E-state index in [-0.39, 0.29) is 6.10 Å². The van der Waals surface area contributed by atoms with E-state index in [4.69, 9.17) is 9.47 Å². The molecule has 2 atom stereocenters. The summed E-state index contributed by atoms with van der Waals surface area (Å²) < 4.78 is 11.2. The van der Waals surface area contributed by atoms with Crippen LogP contribution in [0.25, 0.3) is 0 Å². The van der Waals surface area contributed by atoms with Gasteiger partial charge in [0.15, 0.2) is 0 Å². The van der Waals surface area contributed by atoms with Gasteiger partial charge >= 0.3 is 0 Å². The monoisotopic (exact) mass is 201 g/mol. The SMILES string of the molecule is CCC(CC)C(NC)C1COCCO1. The van der Waals surface area contributed by atoms with Crippen LogP contribution >= 0.6 is 0 Å². The Labute approximate surface area is 87.2 Å². The van der Waals surface area contributed by atoms with Gasteiger partial charge in [-0.15, -0.1) is 0 Å². The molecule has 1 rings (SSSR count). The maximum Gasteiger partial charge on any atom is 0.0964 e. The normalized spacial score (nSPS) is 25.3. The van der Waals surface area contributed by atoms with Gasteiger partial charge in [-0.05, 0) is 13.0 Å². The van der Waals surface area contributed by atoms with E-state index in [0.29, 0.717) is 12.0 Å². The number of rotatable bonds is 5. The molecule has 2 unspecified atom stereocenters. The Kier molecular flexibility index (Phi) is 5.45. The summed E-state index contributed by atoms with van der Waals surface area (Å²) in [6.07, 6.45) is 2.63. The average Bonchev–Trinajstić information content (AvgIpc) is 2.27. The zero-order valence-electron chi connectivity index (χ0n) is 9.58. The van der Waals surface area contributed by atoms with Crippen LogP contribution in [0.4, 0.5) is 0 Å². The van der Waals surface area contributed by atoms with Crippen LogP contribution in [0.15, 0.2) is 0 Å². The molecule has 1 aliphatic rings. The third-order valence-corrected chi connectivity index (χ3v) is 3.13. The Bertz CT molecular complexity index is 142. The summed E-state index contributed by atoms with van der Waals surface area (Å²) in [5, 5.41) is 3.37. The molecule has 1 saturated heterocycles. The van der Waals surface area contributed by atoms with Gasteiger partial charge in [0.1, 0.15) is 0 Å². The molecule has 3 heteroatoms. The van der Waals surface area contributed by atoms with Gasteiger partial charge in [0.05, 0.1) is 25.9 Å². The van der Waals surface area contributed by atoms with Gasteiger partial charge in [0.2, 0.25) is 0 Å². The first-order valence-corrected chi connectivity index (χ1v) is 5.70. The zero-order valence-corrected chi connectivity index (χ0v) is 9.58. The van der Waals surface area contributed by atoms with Crippen LogP contribution in [0.1, 0.15) is 26.7 Å². The maximum atomic E-state index is 5.73. The summed E-state index contributed by atoms with van der Waals surface area (Å²) in [6, 6.07) is 0.435. The molecular formula is C11H23NO2. The molecule has 84 valence electrons. The van der Waals surface area contributed by atoms with E-state index in [9.17, 15) is 0 Å². The van der Waals surface area contributed by atoms with Crippen LogP contribution in [0.3, 0.4) is 0 Å². The van der Waals surface area contributed by atoms with Crippen LogP contribution in [-0.4, -0.2) is 39.0 Å². The van der Waals surface area contributed by atoms with Crippen molar-refractivity contribution in [1.29, 1.82) is 0 Å². The largest absolute Gasteiger partial charge is 0.376 e. The highest BCUT2D eigenvalue weighted by molar-refractivity contribution is 4.83. The fraction of sp³-hybridized carbons (Fsp3) is 1.00. The minimum Gasteiger partial charge on any atom is -0.376 e. The quantitative estimate of drug-likeness (QED) is 0.730.